The second-order valence-corrected chi connectivity index (χ2v) is 9.03. The van der Waals surface area contributed by atoms with Crippen LogP contribution in [-0.4, -0.2) is 81.2 Å². The van der Waals surface area contributed by atoms with Crippen molar-refractivity contribution in [1.82, 2.24) is 15.1 Å². The van der Waals surface area contributed by atoms with Crippen molar-refractivity contribution in [1.29, 1.82) is 0 Å². The van der Waals surface area contributed by atoms with E-state index in [1.807, 2.05) is 0 Å². The van der Waals surface area contributed by atoms with Crippen LogP contribution in [0.3, 0.4) is 0 Å². The van der Waals surface area contributed by atoms with Gasteiger partial charge < -0.3 is 15.3 Å². The topological polar surface area (TPSA) is 124 Å². The molecular weight excluding hydrogens is 418 g/mol. The number of aliphatic carboxylic acids is 1. The molecule has 1 heterocycles. The van der Waals surface area contributed by atoms with Gasteiger partial charge in [-0.05, 0) is 11.8 Å². The number of carboxylic acids is 1. The maximum Gasteiger partial charge on any atom is 0.326 e. The van der Waals surface area contributed by atoms with Gasteiger partial charge in [0.2, 0.25) is 23.6 Å². The zero-order valence-corrected chi connectivity index (χ0v) is 18.8. The Labute approximate surface area is 181 Å². The first-order valence-corrected chi connectivity index (χ1v) is 10.4. The number of carboxylic acid groups (broad SMARTS) is 1. The average molecular weight is 448 g/mol. The number of likely N-dealkylation sites (tertiary alicyclic amines) is 1. The lowest BCUT2D eigenvalue weighted by atomic mass is 9.85. The summed E-state index contributed by atoms with van der Waals surface area (Å²) in [7, 11) is 1.37. The smallest absolute Gasteiger partial charge is 0.326 e. The summed E-state index contributed by atoms with van der Waals surface area (Å²) in [6.45, 7) is 5.18. The lowest BCUT2D eigenvalue weighted by Gasteiger charge is -2.36. The summed E-state index contributed by atoms with van der Waals surface area (Å²) in [5.41, 5.74) is -0.720. The number of nitrogens with one attached hydrogen (secondary N) is 1. The Balaban J connectivity index is 2.73. The van der Waals surface area contributed by atoms with E-state index in [-0.39, 0.29) is 43.4 Å². The van der Waals surface area contributed by atoms with Crippen LogP contribution in [0.5, 0.6) is 0 Å². The van der Waals surface area contributed by atoms with Gasteiger partial charge in [-0.25, -0.2) is 4.79 Å². The molecule has 1 aliphatic heterocycles. The van der Waals surface area contributed by atoms with Crippen LogP contribution in [0.25, 0.3) is 0 Å². The minimum Gasteiger partial charge on any atom is -0.480 e. The van der Waals surface area contributed by atoms with Gasteiger partial charge in [0.05, 0.1) is 5.25 Å². The normalized spacial score (nSPS) is 17.7. The number of likely N-dealkylation sites (N-methyl/N-ethyl adjacent to an activating group) is 1. The lowest BCUT2D eigenvalue weighted by Crippen LogP contribution is -2.57. The largest absolute Gasteiger partial charge is 0.480 e. The monoisotopic (exact) mass is 447 g/mol. The summed E-state index contributed by atoms with van der Waals surface area (Å²) >= 11 is 8.30. The third-order valence-electron chi connectivity index (χ3n) is 4.67. The standard InChI is InChI=1S/C18H29N3O6S2/c1-18(2,3)14(17(26)27)20(4)16(25)10(9-28)19-15(24)11(29)7-8-21-12(22)5-6-13(21)23/h10-11,14,28-29H,5-9H2,1-4H3,(H,19,24)(H,26,27)/t10?,11-,14+/m0/s1. The predicted octanol–water partition coefficient (Wildman–Crippen LogP) is 0.196. The zero-order chi connectivity index (χ0) is 22.5. The number of thiol groups is 2. The van der Waals surface area contributed by atoms with Gasteiger partial charge in [-0.3, -0.25) is 24.1 Å². The van der Waals surface area contributed by atoms with Gasteiger partial charge in [0.25, 0.3) is 0 Å². The van der Waals surface area contributed by atoms with E-state index < -0.39 is 40.5 Å². The van der Waals surface area contributed by atoms with Crippen LogP contribution in [0, 0.1) is 5.41 Å². The van der Waals surface area contributed by atoms with Crippen LogP contribution >= 0.6 is 25.3 Å². The number of amides is 4. The van der Waals surface area contributed by atoms with Crippen molar-refractivity contribution in [2.45, 2.75) is 57.4 Å². The van der Waals surface area contributed by atoms with Gasteiger partial charge in [-0.1, -0.05) is 20.8 Å². The number of carbonyl (C=O) groups is 5. The molecule has 0 saturated carbocycles. The van der Waals surface area contributed by atoms with E-state index in [9.17, 15) is 29.1 Å². The maximum absolute atomic E-state index is 12.8. The van der Waals surface area contributed by atoms with Crippen LogP contribution in [0.1, 0.15) is 40.0 Å². The summed E-state index contributed by atoms with van der Waals surface area (Å²) < 4.78 is 0. The van der Waals surface area contributed by atoms with Crippen LogP contribution < -0.4 is 5.32 Å². The van der Waals surface area contributed by atoms with Gasteiger partial charge in [-0.2, -0.15) is 25.3 Å². The summed E-state index contributed by atoms with van der Waals surface area (Å²) in [5, 5.41) is 11.2. The van der Waals surface area contributed by atoms with Crippen molar-refractivity contribution in [3.63, 3.8) is 0 Å². The summed E-state index contributed by atoms with van der Waals surface area (Å²) in [6.07, 6.45) is 0.474. The number of hydrogen-bond donors (Lipinski definition) is 4. The van der Waals surface area contributed by atoms with E-state index in [0.29, 0.717) is 0 Å². The molecule has 0 radical (unpaired) electrons. The number of carbonyl (C=O) groups excluding carboxylic acids is 4. The molecule has 0 bridgehead atoms. The van der Waals surface area contributed by atoms with Crippen LogP contribution in [0.2, 0.25) is 0 Å². The fourth-order valence-electron chi connectivity index (χ4n) is 3.20. The molecule has 164 valence electrons. The Morgan fingerprint density at radius 2 is 1.72 bits per heavy atom. The minimum absolute atomic E-state index is 0.0327. The van der Waals surface area contributed by atoms with Crippen molar-refractivity contribution >= 4 is 54.9 Å². The van der Waals surface area contributed by atoms with E-state index in [1.54, 1.807) is 20.8 Å². The molecule has 0 aliphatic carbocycles. The highest BCUT2D eigenvalue weighted by Gasteiger charge is 2.39. The third kappa shape index (κ3) is 6.63. The van der Waals surface area contributed by atoms with Gasteiger partial charge >= 0.3 is 5.97 Å². The van der Waals surface area contributed by atoms with E-state index in [2.05, 4.69) is 30.6 Å². The highest BCUT2D eigenvalue weighted by atomic mass is 32.1. The van der Waals surface area contributed by atoms with E-state index in [4.69, 9.17) is 0 Å². The molecule has 1 saturated heterocycles. The molecule has 1 fully saturated rings. The van der Waals surface area contributed by atoms with Crippen LogP contribution in [-0.2, 0) is 24.0 Å². The average Bonchev–Trinajstić information content (AvgIpc) is 2.93. The molecule has 0 spiro atoms. The Hall–Kier alpha value is -1.75. The second kappa shape index (κ2) is 10.3. The molecule has 3 atom stereocenters. The first-order valence-electron chi connectivity index (χ1n) is 9.23. The molecule has 11 heteroatoms. The van der Waals surface area contributed by atoms with Gasteiger partial charge in [0.15, 0.2) is 0 Å². The molecule has 0 aromatic carbocycles. The number of rotatable bonds is 9. The molecule has 29 heavy (non-hydrogen) atoms. The molecule has 1 rings (SSSR count). The summed E-state index contributed by atoms with van der Waals surface area (Å²) in [4.78, 5) is 62.2. The van der Waals surface area contributed by atoms with E-state index in [0.717, 1.165) is 9.80 Å². The van der Waals surface area contributed by atoms with Crippen molar-refractivity contribution < 1.29 is 29.1 Å². The SMILES string of the molecule is CN(C(=O)C(CS)NC(=O)[C@@H](S)CCN1C(=O)CCC1=O)[C@H](C(=O)O)C(C)(C)C. The highest BCUT2D eigenvalue weighted by molar-refractivity contribution is 7.81. The summed E-state index contributed by atoms with van der Waals surface area (Å²) in [6, 6.07) is -2.13. The molecule has 0 aromatic heterocycles. The van der Waals surface area contributed by atoms with Gasteiger partial charge in [0.1, 0.15) is 12.1 Å². The molecule has 1 aliphatic rings. The van der Waals surface area contributed by atoms with Crippen molar-refractivity contribution in [2.24, 2.45) is 5.41 Å². The first kappa shape index (κ1) is 25.3. The Morgan fingerprint density at radius 3 is 2.14 bits per heavy atom. The Morgan fingerprint density at radius 1 is 1.21 bits per heavy atom. The fraction of sp³-hybridized carbons (Fsp3) is 0.722. The molecular formula is C18H29N3O6S2. The number of imide groups is 1. The zero-order valence-electron chi connectivity index (χ0n) is 17.0. The number of hydrogen-bond acceptors (Lipinski definition) is 7. The third-order valence-corrected chi connectivity index (χ3v) is 5.53. The van der Waals surface area contributed by atoms with Crippen molar-refractivity contribution in [3.8, 4) is 0 Å². The molecule has 2 N–H and O–H groups in total. The minimum atomic E-state index is -1.15. The Kier molecular flexibility index (Phi) is 9.01. The Bertz CT molecular complexity index is 663. The quantitative estimate of drug-likeness (QED) is 0.296. The van der Waals surface area contributed by atoms with Crippen LogP contribution in [0.4, 0.5) is 0 Å². The van der Waals surface area contributed by atoms with Crippen molar-refractivity contribution in [3.05, 3.63) is 0 Å². The fourth-order valence-corrected chi connectivity index (χ4v) is 3.64. The predicted molar refractivity (Wildman–Crippen MR) is 113 cm³/mol. The van der Waals surface area contributed by atoms with E-state index >= 15 is 0 Å². The molecule has 0 aromatic rings. The number of nitrogens with zero attached hydrogens (tertiary/aromatic N) is 2. The highest BCUT2D eigenvalue weighted by Crippen LogP contribution is 2.24. The van der Waals surface area contributed by atoms with E-state index in [1.165, 1.54) is 7.05 Å². The van der Waals surface area contributed by atoms with Crippen molar-refractivity contribution in [2.75, 3.05) is 19.3 Å². The first-order chi connectivity index (χ1) is 13.3. The lowest BCUT2D eigenvalue weighted by molar-refractivity contribution is -0.154. The summed E-state index contributed by atoms with van der Waals surface area (Å²) in [5.74, 6) is -2.87. The maximum atomic E-state index is 12.8. The van der Waals surface area contributed by atoms with Gasteiger partial charge in [-0.15, -0.1) is 0 Å². The molecule has 4 amide bonds. The second-order valence-electron chi connectivity index (χ2n) is 8.04. The molecule has 1 unspecified atom stereocenters. The van der Waals surface area contributed by atoms with Gasteiger partial charge in [0, 0.05) is 32.2 Å². The molecule has 9 nitrogen and oxygen atoms in total. The van der Waals surface area contributed by atoms with Crippen LogP contribution in [0.15, 0.2) is 0 Å².